The molecule has 0 aromatic heterocycles. The highest BCUT2D eigenvalue weighted by molar-refractivity contribution is 5.78. The van der Waals surface area contributed by atoms with Gasteiger partial charge in [-0.2, -0.15) is 0 Å². The highest BCUT2D eigenvalue weighted by Gasteiger charge is 2.20. The standard InChI is InChI=1S/C15H20O2/c1-3-14(15(16)17-2)13-9-8-11-6-4-5-7-12(11)10-13/h8-10,14H,3-7H2,1-2H3. The number of esters is 1. The number of carbonyl (C=O) groups excluding carboxylic acids is 1. The van der Waals surface area contributed by atoms with Crippen LogP contribution in [-0.4, -0.2) is 13.1 Å². The molecule has 0 heterocycles. The van der Waals surface area contributed by atoms with Crippen LogP contribution in [0.25, 0.3) is 0 Å². The monoisotopic (exact) mass is 232 g/mol. The molecule has 0 saturated heterocycles. The number of hydrogen-bond acceptors (Lipinski definition) is 2. The molecule has 2 rings (SSSR count). The van der Waals surface area contributed by atoms with Crippen LogP contribution in [0, 0.1) is 0 Å². The van der Waals surface area contributed by atoms with Gasteiger partial charge in [0.25, 0.3) is 0 Å². The van der Waals surface area contributed by atoms with E-state index in [0.717, 1.165) is 18.4 Å². The lowest BCUT2D eigenvalue weighted by Crippen LogP contribution is -2.14. The van der Waals surface area contributed by atoms with Crippen LogP contribution in [-0.2, 0) is 22.4 Å². The summed E-state index contributed by atoms with van der Waals surface area (Å²) in [7, 11) is 1.46. The zero-order valence-corrected chi connectivity index (χ0v) is 10.7. The molecule has 1 atom stereocenters. The van der Waals surface area contributed by atoms with Gasteiger partial charge in [-0.15, -0.1) is 0 Å². The van der Waals surface area contributed by atoms with E-state index >= 15 is 0 Å². The molecule has 0 spiro atoms. The molecule has 0 N–H and O–H groups in total. The lowest BCUT2D eigenvalue weighted by Gasteiger charge is -2.19. The summed E-state index contributed by atoms with van der Waals surface area (Å²) in [6, 6.07) is 6.49. The highest BCUT2D eigenvalue weighted by Crippen LogP contribution is 2.27. The number of rotatable bonds is 3. The number of carbonyl (C=O) groups is 1. The van der Waals surface area contributed by atoms with E-state index in [4.69, 9.17) is 4.74 Å². The van der Waals surface area contributed by atoms with Crippen molar-refractivity contribution in [1.29, 1.82) is 0 Å². The molecule has 0 aliphatic heterocycles. The summed E-state index contributed by atoms with van der Waals surface area (Å²) < 4.78 is 4.86. The van der Waals surface area contributed by atoms with Crippen molar-refractivity contribution in [2.24, 2.45) is 0 Å². The van der Waals surface area contributed by atoms with Crippen LogP contribution in [0.5, 0.6) is 0 Å². The summed E-state index contributed by atoms with van der Waals surface area (Å²) in [5.74, 6) is -0.226. The van der Waals surface area contributed by atoms with Crippen molar-refractivity contribution >= 4 is 5.97 Å². The first-order valence-electron chi connectivity index (χ1n) is 6.45. The molecule has 0 radical (unpaired) electrons. The van der Waals surface area contributed by atoms with Crippen molar-refractivity contribution in [1.82, 2.24) is 0 Å². The van der Waals surface area contributed by atoms with Crippen LogP contribution in [0.2, 0.25) is 0 Å². The van der Waals surface area contributed by atoms with Gasteiger partial charge in [-0.1, -0.05) is 25.1 Å². The summed E-state index contributed by atoms with van der Waals surface area (Å²) in [6.07, 6.45) is 5.70. The van der Waals surface area contributed by atoms with Crippen molar-refractivity contribution in [3.8, 4) is 0 Å². The summed E-state index contributed by atoms with van der Waals surface area (Å²) in [5, 5.41) is 0. The van der Waals surface area contributed by atoms with Crippen LogP contribution < -0.4 is 0 Å². The van der Waals surface area contributed by atoms with Gasteiger partial charge in [0, 0.05) is 0 Å². The van der Waals surface area contributed by atoms with Gasteiger partial charge in [-0.05, 0) is 48.8 Å². The second kappa shape index (κ2) is 5.35. The average molecular weight is 232 g/mol. The summed E-state index contributed by atoms with van der Waals surface area (Å²) in [4.78, 5) is 11.7. The normalized spacial score (nSPS) is 16.1. The number of fused-ring (bicyclic) bond motifs is 1. The first kappa shape index (κ1) is 12.2. The van der Waals surface area contributed by atoms with E-state index in [1.807, 2.05) is 6.92 Å². The predicted octanol–water partition coefficient (Wildman–Crippen LogP) is 3.23. The van der Waals surface area contributed by atoms with Gasteiger partial charge in [0.1, 0.15) is 0 Å². The molecule has 0 bridgehead atoms. The van der Waals surface area contributed by atoms with Gasteiger partial charge < -0.3 is 4.74 Å². The van der Waals surface area contributed by atoms with Gasteiger partial charge in [-0.25, -0.2) is 0 Å². The molecule has 0 saturated carbocycles. The number of aryl methyl sites for hydroxylation is 2. The third-order valence-electron chi connectivity index (χ3n) is 3.67. The Morgan fingerprint density at radius 2 is 2.00 bits per heavy atom. The fourth-order valence-corrected chi connectivity index (χ4v) is 2.65. The Kier molecular flexibility index (Phi) is 3.82. The van der Waals surface area contributed by atoms with Gasteiger partial charge >= 0.3 is 5.97 Å². The molecule has 1 unspecified atom stereocenters. The largest absolute Gasteiger partial charge is 0.469 e. The summed E-state index contributed by atoms with van der Waals surface area (Å²) in [6.45, 7) is 2.03. The zero-order chi connectivity index (χ0) is 12.3. The predicted molar refractivity (Wildman–Crippen MR) is 68.1 cm³/mol. The minimum absolute atomic E-state index is 0.104. The Morgan fingerprint density at radius 1 is 1.29 bits per heavy atom. The van der Waals surface area contributed by atoms with Crippen LogP contribution in [0.3, 0.4) is 0 Å². The van der Waals surface area contributed by atoms with Crippen LogP contribution in [0.4, 0.5) is 0 Å². The minimum atomic E-state index is -0.122. The Labute approximate surface area is 103 Å². The Bertz CT molecular complexity index is 409. The molecule has 1 aromatic rings. The van der Waals surface area contributed by atoms with Crippen molar-refractivity contribution in [3.05, 3.63) is 34.9 Å². The first-order chi connectivity index (χ1) is 8.26. The van der Waals surface area contributed by atoms with Crippen molar-refractivity contribution in [3.63, 3.8) is 0 Å². The molecule has 2 nitrogen and oxygen atoms in total. The lowest BCUT2D eigenvalue weighted by atomic mass is 9.87. The average Bonchev–Trinajstić information content (AvgIpc) is 2.39. The van der Waals surface area contributed by atoms with Gasteiger partial charge in [0.05, 0.1) is 13.0 Å². The number of ether oxygens (including phenoxy) is 1. The smallest absolute Gasteiger partial charge is 0.313 e. The molecule has 2 heteroatoms. The van der Waals surface area contributed by atoms with Gasteiger partial charge in [0.15, 0.2) is 0 Å². The van der Waals surface area contributed by atoms with Crippen LogP contribution in [0.1, 0.15) is 48.8 Å². The molecule has 1 aromatic carbocycles. The topological polar surface area (TPSA) is 26.3 Å². The maximum absolute atomic E-state index is 11.7. The van der Waals surface area contributed by atoms with Gasteiger partial charge in [-0.3, -0.25) is 4.79 Å². The Balaban J connectivity index is 2.29. The maximum Gasteiger partial charge on any atom is 0.313 e. The Hall–Kier alpha value is -1.31. The van der Waals surface area contributed by atoms with Crippen molar-refractivity contribution in [2.45, 2.75) is 44.9 Å². The molecule has 1 aliphatic carbocycles. The number of methoxy groups -OCH3 is 1. The SMILES string of the molecule is CCC(C(=O)OC)c1ccc2c(c1)CCCC2. The molecule has 92 valence electrons. The lowest BCUT2D eigenvalue weighted by molar-refractivity contribution is -0.142. The summed E-state index contributed by atoms with van der Waals surface area (Å²) >= 11 is 0. The molecular formula is C15H20O2. The fourth-order valence-electron chi connectivity index (χ4n) is 2.65. The number of benzene rings is 1. The van der Waals surface area contributed by atoms with E-state index in [9.17, 15) is 4.79 Å². The van der Waals surface area contributed by atoms with E-state index < -0.39 is 0 Å². The van der Waals surface area contributed by atoms with Crippen molar-refractivity contribution in [2.75, 3.05) is 7.11 Å². The molecule has 1 aliphatic rings. The first-order valence-corrected chi connectivity index (χ1v) is 6.45. The second-order valence-corrected chi connectivity index (χ2v) is 4.72. The quantitative estimate of drug-likeness (QED) is 0.748. The van der Waals surface area contributed by atoms with E-state index in [2.05, 4.69) is 18.2 Å². The van der Waals surface area contributed by atoms with Crippen LogP contribution >= 0.6 is 0 Å². The third kappa shape index (κ3) is 2.51. The molecule has 0 amide bonds. The van der Waals surface area contributed by atoms with E-state index in [-0.39, 0.29) is 11.9 Å². The van der Waals surface area contributed by atoms with E-state index in [0.29, 0.717) is 0 Å². The maximum atomic E-state index is 11.7. The second-order valence-electron chi connectivity index (χ2n) is 4.72. The highest BCUT2D eigenvalue weighted by atomic mass is 16.5. The molecule has 17 heavy (non-hydrogen) atoms. The van der Waals surface area contributed by atoms with Gasteiger partial charge in [0.2, 0.25) is 0 Å². The third-order valence-corrected chi connectivity index (χ3v) is 3.67. The fraction of sp³-hybridized carbons (Fsp3) is 0.533. The van der Waals surface area contributed by atoms with E-state index in [1.165, 1.54) is 37.5 Å². The zero-order valence-electron chi connectivity index (χ0n) is 10.7. The Morgan fingerprint density at radius 3 is 2.65 bits per heavy atom. The molecule has 0 fully saturated rings. The molecular weight excluding hydrogens is 212 g/mol. The minimum Gasteiger partial charge on any atom is -0.469 e. The van der Waals surface area contributed by atoms with Crippen LogP contribution in [0.15, 0.2) is 18.2 Å². The summed E-state index contributed by atoms with van der Waals surface area (Å²) in [5.41, 5.74) is 4.00. The number of hydrogen-bond donors (Lipinski definition) is 0. The van der Waals surface area contributed by atoms with E-state index in [1.54, 1.807) is 0 Å². The van der Waals surface area contributed by atoms with Crippen molar-refractivity contribution < 1.29 is 9.53 Å².